The minimum Gasteiger partial charge on any atom is -0.459 e. The fraction of sp³-hybridized carbons (Fsp3) is 0.409. The van der Waals surface area contributed by atoms with E-state index in [9.17, 15) is 9.59 Å². The lowest BCUT2D eigenvalue weighted by molar-refractivity contribution is 0.00700. The summed E-state index contributed by atoms with van der Waals surface area (Å²) in [6.07, 6.45) is 1.16. The quantitative estimate of drug-likeness (QED) is 0.297. The molecule has 0 spiro atoms. The van der Waals surface area contributed by atoms with Crippen LogP contribution in [0.15, 0.2) is 52.1 Å². The van der Waals surface area contributed by atoms with Gasteiger partial charge in [0, 0.05) is 32.4 Å². The fourth-order valence-electron chi connectivity index (χ4n) is 2.93. The third-order valence-corrected chi connectivity index (χ3v) is 4.51. The summed E-state index contributed by atoms with van der Waals surface area (Å²) in [5.41, 5.74) is 1.22. The van der Waals surface area contributed by atoms with Crippen LogP contribution in [0.5, 0.6) is 0 Å². The number of halogens is 1. The van der Waals surface area contributed by atoms with Crippen LogP contribution in [-0.2, 0) is 11.3 Å². The van der Waals surface area contributed by atoms with E-state index in [0.717, 1.165) is 5.56 Å². The maximum Gasteiger partial charge on any atom is 0.410 e. The molecule has 2 heterocycles. The van der Waals surface area contributed by atoms with Crippen LogP contribution in [0.2, 0.25) is 0 Å². The summed E-state index contributed by atoms with van der Waals surface area (Å²) in [7, 11) is 1.70. The topological polar surface area (TPSA) is 108 Å². The molecular formula is C22H30IN5O4. The van der Waals surface area contributed by atoms with Crippen LogP contribution in [0.25, 0.3) is 0 Å². The molecular weight excluding hydrogens is 525 g/mol. The Hall–Kier alpha value is -2.76. The number of rotatable bonds is 5. The number of guanidine groups is 1. The molecule has 0 atom stereocenters. The van der Waals surface area contributed by atoms with Crippen molar-refractivity contribution in [2.45, 2.75) is 39.0 Å². The summed E-state index contributed by atoms with van der Waals surface area (Å²) in [6, 6.07) is 10.9. The molecule has 3 rings (SSSR count). The number of ether oxygens (including phenoxy) is 1. The van der Waals surface area contributed by atoms with Crippen LogP contribution in [0.4, 0.5) is 10.5 Å². The monoisotopic (exact) mass is 555 g/mol. The van der Waals surface area contributed by atoms with Gasteiger partial charge in [0.05, 0.1) is 12.3 Å². The lowest BCUT2D eigenvalue weighted by atomic mass is 10.1. The van der Waals surface area contributed by atoms with Gasteiger partial charge in [-0.1, -0.05) is 12.1 Å². The Balaban J connectivity index is 0.00000363. The lowest BCUT2D eigenvalue weighted by Crippen LogP contribution is -2.63. The smallest absolute Gasteiger partial charge is 0.410 e. The fourth-order valence-corrected chi connectivity index (χ4v) is 2.93. The van der Waals surface area contributed by atoms with Crippen molar-refractivity contribution in [3.05, 3.63) is 54.0 Å². The molecule has 0 bridgehead atoms. The molecule has 1 aliphatic heterocycles. The van der Waals surface area contributed by atoms with Crippen LogP contribution < -0.4 is 16.0 Å². The van der Waals surface area contributed by atoms with E-state index >= 15 is 0 Å². The predicted octanol–water partition coefficient (Wildman–Crippen LogP) is 3.43. The van der Waals surface area contributed by atoms with Gasteiger partial charge in [-0.2, -0.15) is 0 Å². The van der Waals surface area contributed by atoms with E-state index in [4.69, 9.17) is 9.15 Å². The summed E-state index contributed by atoms with van der Waals surface area (Å²) in [5, 5.41) is 9.33. The highest BCUT2D eigenvalue weighted by Gasteiger charge is 2.34. The highest BCUT2D eigenvalue weighted by atomic mass is 127. The van der Waals surface area contributed by atoms with E-state index < -0.39 is 5.60 Å². The molecule has 1 saturated heterocycles. The van der Waals surface area contributed by atoms with Crippen molar-refractivity contribution >= 4 is 47.6 Å². The average molecular weight is 555 g/mol. The number of anilines is 1. The van der Waals surface area contributed by atoms with E-state index in [1.54, 1.807) is 24.1 Å². The van der Waals surface area contributed by atoms with Gasteiger partial charge in [0.15, 0.2) is 11.7 Å². The van der Waals surface area contributed by atoms with Gasteiger partial charge >= 0.3 is 6.09 Å². The third kappa shape index (κ3) is 7.43. The van der Waals surface area contributed by atoms with Crippen LogP contribution in [0, 0.1) is 0 Å². The summed E-state index contributed by atoms with van der Waals surface area (Å²) in [6.45, 7) is 7.26. The van der Waals surface area contributed by atoms with Gasteiger partial charge in [-0.3, -0.25) is 9.79 Å². The number of nitrogens with zero attached hydrogens (tertiary/aromatic N) is 2. The van der Waals surface area contributed by atoms with Crippen LogP contribution in [-0.4, -0.2) is 54.6 Å². The van der Waals surface area contributed by atoms with Crippen molar-refractivity contribution in [1.29, 1.82) is 0 Å². The van der Waals surface area contributed by atoms with Crippen molar-refractivity contribution in [1.82, 2.24) is 15.5 Å². The minimum absolute atomic E-state index is 0. The molecule has 174 valence electrons. The maximum atomic E-state index is 12.0. The van der Waals surface area contributed by atoms with E-state index in [-0.39, 0.29) is 47.8 Å². The number of nitrogens with one attached hydrogen (secondary N) is 3. The molecule has 0 radical (unpaired) electrons. The van der Waals surface area contributed by atoms with Gasteiger partial charge in [-0.15, -0.1) is 24.0 Å². The van der Waals surface area contributed by atoms with Gasteiger partial charge in [-0.05, 0) is 50.6 Å². The van der Waals surface area contributed by atoms with Gasteiger partial charge in [-0.25, -0.2) is 4.79 Å². The van der Waals surface area contributed by atoms with E-state index in [1.165, 1.54) is 6.26 Å². The van der Waals surface area contributed by atoms with Crippen molar-refractivity contribution in [2.24, 2.45) is 4.99 Å². The summed E-state index contributed by atoms with van der Waals surface area (Å²) in [5.74, 6) is 0.632. The minimum atomic E-state index is -0.496. The Morgan fingerprint density at radius 3 is 2.44 bits per heavy atom. The Labute approximate surface area is 205 Å². The molecule has 2 amide bonds. The van der Waals surface area contributed by atoms with Crippen LogP contribution in [0.3, 0.4) is 0 Å². The van der Waals surface area contributed by atoms with E-state index in [1.807, 2.05) is 45.0 Å². The largest absolute Gasteiger partial charge is 0.459 e. The molecule has 10 heteroatoms. The SMILES string of the molecule is CN=C(NCc1ccc(NC(=O)c2ccco2)cc1)NC1CN(C(=O)OC(C)(C)C)C1.I. The van der Waals surface area contributed by atoms with Gasteiger partial charge in [0.25, 0.3) is 5.91 Å². The Morgan fingerprint density at radius 2 is 1.88 bits per heavy atom. The Kier molecular flexibility index (Phi) is 8.93. The Bertz CT molecular complexity index is 917. The average Bonchev–Trinajstić information content (AvgIpc) is 3.21. The first-order valence-electron chi connectivity index (χ1n) is 10.1. The number of likely N-dealkylation sites (tertiary alicyclic amines) is 1. The van der Waals surface area contributed by atoms with Crippen molar-refractivity contribution in [2.75, 3.05) is 25.5 Å². The first kappa shape index (κ1) is 25.5. The molecule has 1 aliphatic rings. The normalized spacial score (nSPS) is 14.1. The molecule has 2 aromatic rings. The number of hydrogen-bond donors (Lipinski definition) is 3. The number of hydrogen-bond acceptors (Lipinski definition) is 5. The van der Waals surface area contributed by atoms with Gasteiger partial charge in [0.1, 0.15) is 5.60 Å². The molecule has 0 aliphatic carbocycles. The number of furan rings is 1. The Morgan fingerprint density at radius 1 is 1.19 bits per heavy atom. The summed E-state index contributed by atoms with van der Waals surface area (Å²) < 4.78 is 10.4. The predicted molar refractivity (Wildman–Crippen MR) is 133 cm³/mol. The van der Waals surface area contributed by atoms with Gasteiger partial charge < -0.3 is 30.0 Å². The second-order valence-corrected chi connectivity index (χ2v) is 8.28. The molecule has 1 fully saturated rings. The van der Waals surface area contributed by atoms with Crippen molar-refractivity contribution in [3.8, 4) is 0 Å². The van der Waals surface area contributed by atoms with Crippen molar-refractivity contribution in [3.63, 3.8) is 0 Å². The van der Waals surface area contributed by atoms with Crippen molar-refractivity contribution < 1.29 is 18.7 Å². The maximum absolute atomic E-state index is 12.0. The first-order valence-corrected chi connectivity index (χ1v) is 10.1. The highest BCUT2D eigenvalue weighted by Crippen LogP contribution is 2.15. The molecule has 32 heavy (non-hydrogen) atoms. The zero-order chi connectivity index (χ0) is 22.4. The highest BCUT2D eigenvalue weighted by molar-refractivity contribution is 14.0. The first-order chi connectivity index (χ1) is 14.7. The number of benzene rings is 1. The summed E-state index contributed by atoms with van der Waals surface area (Å²) >= 11 is 0. The molecule has 9 nitrogen and oxygen atoms in total. The molecule has 1 aromatic heterocycles. The number of carbonyl (C=O) groups excluding carboxylic acids is 2. The van der Waals surface area contributed by atoms with E-state index in [0.29, 0.717) is 31.3 Å². The second-order valence-electron chi connectivity index (χ2n) is 8.28. The lowest BCUT2D eigenvalue weighted by Gasteiger charge is -2.40. The molecule has 0 saturated carbocycles. The van der Waals surface area contributed by atoms with Crippen LogP contribution in [0.1, 0.15) is 36.9 Å². The second kappa shape index (κ2) is 11.2. The standard InChI is InChI=1S/C22H29N5O4.HI/c1-22(2,3)31-21(29)27-13-17(14-27)26-20(23-4)24-12-15-7-9-16(10-8-15)25-19(28)18-6-5-11-30-18;/h5-11,17H,12-14H2,1-4H3,(H,25,28)(H2,23,24,26);1H. The number of carbonyl (C=O) groups is 2. The number of amides is 2. The summed E-state index contributed by atoms with van der Waals surface area (Å²) in [4.78, 5) is 29.9. The zero-order valence-corrected chi connectivity index (χ0v) is 21.0. The van der Waals surface area contributed by atoms with E-state index in [2.05, 4.69) is 20.9 Å². The number of aliphatic imine (C=N–C) groups is 1. The molecule has 3 N–H and O–H groups in total. The third-order valence-electron chi connectivity index (χ3n) is 4.51. The van der Waals surface area contributed by atoms with Crippen LogP contribution >= 0.6 is 24.0 Å². The van der Waals surface area contributed by atoms with Gasteiger partial charge in [0.2, 0.25) is 0 Å². The molecule has 0 unspecified atom stereocenters. The molecule has 1 aromatic carbocycles. The zero-order valence-electron chi connectivity index (χ0n) is 18.7.